The molecule has 0 aromatic carbocycles. The van der Waals surface area contributed by atoms with E-state index in [2.05, 4.69) is 55.4 Å². The molecule has 0 aromatic rings. The summed E-state index contributed by atoms with van der Waals surface area (Å²) in [6, 6.07) is 0. The van der Waals surface area contributed by atoms with Crippen molar-refractivity contribution in [3.05, 3.63) is 0 Å². The van der Waals surface area contributed by atoms with Gasteiger partial charge >= 0.3 is 39.5 Å². The Kier molecular flexibility index (Phi) is 55.7. The van der Waals surface area contributed by atoms with Gasteiger partial charge in [-0.2, -0.15) is 0 Å². The van der Waals surface area contributed by atoms with Crippen LogP contribution in [0.1, 0.15) is 325 Å². The highest BCUT2D eigenvalue weighted by Crippen LogP contribution is 2.45. The second kappa shape index (κ2) is 57.0. The van der Waals surface area contributed by atoms with Crippen molar-refractivity contribution in [2.24, 2.45) is 23.7 Å². The van der Waals surface area contributed by atoms with E-state index in [1.54, 1.807) is 0 Å². The highest BCUT2D eigenvalue weighted by Gasteiger charge is 2.30. The Bertz CT molecular complexity index is 1710. The van der Waals surface area contributed by atoms with Gasteiger partial charge in [0.15, 0.2) is 12.2 Å². The monoisotopic (exact) mass is 1270 g/mol. The van der Waals surface area contributed by atoms with E-state index in [-0.39, 0.29) is 25.7 Å². The van der Waals surface area contributed by atoms with E-state index in [1.165, 1.54) is 128 Å². The molecule has 86 heavy (non-hydrogen) atoms. The van der Waals surface area contributed by atoms with Crippen LogP contribution >= 0.6 is 15.6 Å². The predicted molar refractivity (Wildman–Crippen MR) is 344 cm³/mol. The zero-order valence-corrected chi connectivity index (χ0v) is 57.7. The molecule has 3 unspecified atom stereocenters. The first-order chi connectivity index (χ1) is 41.1. The largest absolute Gasteiger partial charge is 0.472 e. The van der Waals surface area contributed by atoms with Crippen molar-refractivity contribution in [2.45, 2.75) is 343 Å². The molecule has 0 rings (SSSR count). The lowest BCUT2D eigenvalue weighted by atomic mass is 10.0. The third kappa shape index (κ3) is 60.9. The number of aliphatic hydroxyl groups is 1. The molecular formula is C67H130O17P2. The minimum atomic E-state index is -4.95. The highest BCUT2D eigenvalue weighted by molar-refractivity contribution is 7.47. The van der Waals surface area contributed by atoms with Crippen LogP contribution in [0, 0.1) is 23.7 Å². The number of rotatable bonds is 64. The average Bonchev–Trinajstić information content (AvgIpc) is 3.59. The van der Waals surface area contributed by atoms with Crippen LogP contribution < -0.4 is 0 Å². The maximum absolute atomic E-state index is 13.0. The van der Waals surface area contributed by atoms with E-state index < -0.39 is 97.5 Å². The molecule has 0 aliphatic rings. The standard InChI is InChI=1S/C67H130O17P2/c1-57(2)43-35-27-19-14-12-10-9-11-13-15-22-31-39-47-64(69)77-53-62(83-66(71)49-41-33-24-18-21-29-37-45-59(5)6)55-81-85(73,74)79-51-61(68)52-80-86(75,76)82-56-63(84-67(72)50-42-34-26-25-30-38-46-60(7)8)54-78-65(70)48-40-32-23-17-16-20-28-36-44-58(3)4/h57-63,68H,9-56H2,1-8H3,(H,73,74)(H,75,76)/t61?,62-,63-/m1/s1. The van der Waals surface area contributed by atoms with Crippen LogP contribution in [0.2, 0.25) is 0 Å². The Hall–Kier alpha value is -1.94. The van der Waals surface area contributed by atoms with Crippen LogP contribution in [0.25, 0.3) is 0 Å². The number of ether oxygens (including phenoxy) is 4. The lowest BCUT2D eigenvalue weighted by molar-refractivity contribution is -0.161. The minimum absolute atomic E-state index is 0.101. The summed E-state index contributed by atoms with van der Waals surface area (Å²) in [7, 11) is -9.89. The second-order valence-corrected chi connectivity index (χ2v) is 29.0. The summed E-state index contributed by atoms with van der Waals surface area (Å²) in [6.07, 6.45) is 37.9. The maximum Gasteiger partial charge on any atom is 0.472 e. The molecule has 0 saturated carbocycles. The number of carbonyl (C=O) groups excluding carboxylic acids is 4. The van der Waals surface area contributed by atoms with Crippen LogP contribution in [0.15, 0.2) is 0 Å². The lowest BCUT2D eigenvalue weighted by Crippen LogP contribution is -2.30. The molecule has 5 atom stereocenters. The molecule has 0 aromatic heterocycles. The summed E-state index contributed by atoms with van der Waals surface area (Å²) in [5.74, 6) is 0.742. The van der Waals surface area contributed by atoms with Crippen molar-refractivity contribution in [2.75, 3.05) is 39.6 Å². The second-order valence-electron chi connectivity index (χ2n) is 26.1. The first-order valence-electron chi connectivity index (χ1n) is 34.7. The Labute approximate surface area is 524 Å². The van der Waals surface area contributed by atoms with E-state index in [1.807, 2.05) is 0 Å². The number of aliphatic hydroxyl groups excluding tert-OH is 1. The molecular weight excluding hydrogens is 1140 g/mol. The molecule has 19 heteroatoms. The fourth-order valence-electron chi connectivity index (χ4n) is 9.96. The van der Waals surface area contributed by atoms with Gasteiger partial charge in [0.05, 0.1) is 26.4 Å². The van der Waals surface area contributed by atoms with Crippen molar-refractivity contribution in [3.63, 3.8) is 0 Å². The van der Waals surface area contributed by atoms with Crippen molar-refractivity contribution < 1.29 is 80.2 Å². The normalized spacial score (nSPS) is 14.4. The van der Waals surface area contributed by atoms with Crippen LogP contribution in [-0.2, 0) is 65.4 Å². The predicted octanol–water partition coefficient (Wildman–Crippen LogP) is 18.5. The number of phosphoric ester groups is 2. The zero-order valence-electron chi connectivity index (χ0n) is 55.9. The number of phosphoric acid groups is 2. The summed E-state index contributed by atoms with van der Waals surface area (Å²) < 4.78 is 68.1. The quantitative estimate of drug-likeness (QED) is 0.0222. The van der Waals surface area contributed by atoms with Gasteiger partial charge < -0.3 is 33.8 Å². The number of hydrogen-bond donors (Lipinski definition) is 3. The maximum atomic E-state index is 13.0. The van der Waals surface area contributed by atoms with Gasteiger partial charge in [0.2, 0.25) is 0 Å². The molecule has 0 radical (unpaired) electrons. The van der Waals surface area contributed by atoms with Gasteiger partial charge in [0.25, 0.3) is 0 Å². The Morgan fingerprint density at radius 2 is 0.488 bits per heavy atom. The third-order valence-corrected chi connectivity index (χ3v) is 17.2. The molecule has 0 aliphatic carbocycles. The molecule has 0 heterocycles. The van der Waals surface area contributed by atoms with Gasteiger partial charge in [-0.05, 0) is 49.4 Å². The van der Waals surface area contributed by atoms with Crippen molar-refractivity contribution in [1.29, 1.82) is 0 Å². The van der Waals surface area contributed by atoms with Crippen molar-refractivity contribution >= 4 is 39.5 Å². The molecule has 0 bridgehead atoms. The highest BCUT2D eigenvalue weighted by atomic mass is 31.2. The van der Waals surface area contributed by atoms with Gasteiger partial charge in [-0.15, -0.1) is 0 Å². The van der Waals surface area contributed by atoms with Crippen molar-refractivity contribution in [3.8, 4) is 0 Å². The molecule has 0 aliphatic heterocycles. The van der Waals surface area contributed by atoms with Gasteiger partial charge in [-0.3, -0.25) is 37.3 Å². The smallest absolute Gasteiger partial charge is 0.462 e. The minimum Gasteiger partial charge on any atom is -0.462 e. The van der Waals surface area contributed by atoms with Gasteiger partial charge in [0.1, 0.15) is 19.3 Å². The molecule has 0 spiro atoms. The van der Waals surface area contributed by atoms with Crippen molar-refractivity contribution in [1.82, 2.24) is 0 Å². The lowest BCUT2D eigenvalue weighted by Gasteiger charge is -2.21. The fraction of sp³-hybridized carbons (Fsp3) is 0.940. The van der Waals surface area contributed by atoms with Gasteiger partial charge in [-0.25, -0.2) is 9.13 Å². The van der Waals surface area contributed by atoms with Gasteiger partial charge in [-0.1, -0.05) is 274 Å². The Morgan fingerprint density at radius 3 is 0.721 bits per heavy atom. The van der Waals surface area contributed by atoms with E-state index in [0.717, 1.165) is 102 Å². The topological polar surface area (TPSA) is 237 Å². The molecule has 0 fully saturated rings. The summed E-state index contributed by atoms with van der Waals surface area (Å²) in [5, 5.41) is 10.5. The summed E-state index contributed by atoms with van der Waals surface area (Å²) in [6.45, 7) is 13.9. The van der Waals surface area contributed by atoms with Crippen LogP contribution in [0.4, 0.5) is 0 Å². The summed E-state index contributed by atoms with van der Waals surface area (Å²) >= 11 is 0. The molecule has 510 valence electrons. The number of esters is 4. The van der Waals surface area contributed by atoms with E-state index >= 15 is 0 Å². The molecule has 0 amide bonds. The zero-order chi connectivity index (χ0) is 63.9. The Balaban J connectivity index is 5.20. The van der Waals surface area contributed by atoms with Gasteiger partial charge in [0, 0.05) is 25.7 Å². The number of hydrogen-bond acceptors (Lipinski definition) is 15. The average molecular weight is 1270 g/mol. The number of unbranched alkanes of at least 4 members (excludes halogenated alkanes) is 30. The van der Waals surface area contributed by atoms with E-state index in [0.29, 0.717) is 37.5 Å². The van der Waals surface area contributed by atoms with E-state index in [4.69, 9.17) is 37.0 Å². The van der Waals surface area contributed by atoms with Crippen LogP contribution in [-0.4, -0.2) is 96.7 Å². The van der Waals surface area contributed by atoms with Crippen LogP contribution in [0.5, 0.6) is 0 Å². The van der Waals surface area contributed by atoms with Crippen LogP contribution in [0.3, 0.4) is 0 Å². The van der Waals surface area contributed by atoms with E-state index in [9.17, 15) is 43.2 Å². The third-order valence-electron chi connectivity index (χ3n) is 15.3. The summed E-state index contributed by atoms with van der Waals surface area (Å²) in [5.41, 5.74) is 0. The SMILES string of the molecule is CC(C)CCCCCCCCCCCCCCCC(=O)OC[C@H](COP(=O)(O)OCC(O)COP(=O)(O)OC[C@@H](COC(=O)CCCCCCCCCCC(C)C)OC(=O)CCCCCCCCC(C)C)OC(=O)CCCCCCCCCC(C)C. The fourth-order valence-corrected chi connectivity index (χ4v) is 11.5. The summed E-state index contributed by atoms with van der Waals surface area (Å²) in [4.78, 5) is 72.3. The number of carbonyl (C=O) groups is 4. The molecule has 3 N–H and O–H groups in total. The molecule has 17 nitrogen and oxygen atoms in total. The molecule has 0 saturated heterocycles. The first-order valence-corrected chi connectivity index (χ1v) is 37.7. The first kappa shape index (κ1) is 84.1. The Morgan fingerprint density at radius 1 is 0.291 bits per heavy atom.